The van der Waals surface area contributed by atoms with Crippen molar-refractivity contribution in [3.63, 3.8) is 0 Å². The lowest BCUT2D eigenvalue weighted by Crippen LogP contribution is -2.38. The number of aromatic nitrogens is 2. The molecule has 142 valence electrons. The molecule has 1 aliphatic carbocycles. The zero-order chi connectivity index (χ0) is 19.4. The number of anilines is 2. The Morgan fingerprint density at radius 3 is 2.67 bits per heavy atom. The number of nitrogens with two attached hydrogens (primary N) is 1. The number of thioether (sulfide) groups is 1. The summed E-state index contributed by atoms with van der Waals surface area (Å²) >= 11 is 1.85. The molecule has 1 saturated carbocycles. The Balaban J connectivity index is 1.94. The topological polar surface area (TPSA) is 96.7 Å². The molecule has 1 heterocycles. The van der Waals surface area contributed by atoms with Crippen molar-refractivity contribution in [2.45, 2.75) is 42.9 Å². The quantitative estimate of drug-likeness (QED) is 0.786. The zero-order valence-electron chi connectivity index (χ0n) is 15.1. The summed E-state index contributed by atoms with van der Waals surface area (Å²) in [6.07, 6.45) is 7.69. The number of nitriles is 1. The predicted octanol–water partition coefficient (Wildman–Crippen LogP) is 3.78. The molecule has 1 aliphatic rings. The Bertz CT molecular complexity index is 850. The van der Waals surface area contributed by atoms with E-state index < -0.39 is 11.4 Å². The number of hydrogen-bond acceptors (Lipinski definition) is 5. The number of hydrogen-bond donors (Lipinski definition) is 2. The van der Waals surface area contributed by atoms with E-state index in [-0.39, 0.29) is 11.4 Å². The average molecular weight is 387 g/mol. The van der Waals surface area contributed by atoms with Gasteiger partial charge in [0.1, 0.15) is 11.4 Å². The Hall–Kier alpha value is -2.53. The number of carbonyl (C=O) groups is 1. The number of primary amides is 1. The van der Waals surface area contributed by atoms with Gasteiger partial charge in [-0.2, -0.15) is 22.1 Å². The first-order chi connectivity index (χ1) is 13.0. The standard InChI is InChI=1S/C19H22FN5OS/c1-27-15-6-8-19(9-7-15,10-11-21)25-12-16(17(22)26)18(24-25)23-14-4-2-13(20)3-5-14/h2-5,12,15H,6-10H2,1H3,(H2,22,26)(H,23,24). The molecule has 0 bridgehead atoms. The number of nitrogens with zero attached hydrogens (tertiary/aromatic N) is 3. The van der Waals surface area contributed by atoms with Gasteiger partial charge in [-0.25, -0.2) is 4.39 Å². The van der Waals surface area contributed by atoms with Crippen LogP contribution in [0, 0.1) is 17.1 Å². The van der Waals surface area contributed by atoms with E-state index in [4.69, 9.17) is 5.73 Å². The molecule has 1 amide bonds. The summed E-state index contributed by atoms with van der Waals surface area (Å²) in [6, 6.07) is 8.05. The first kappa shape index (κ1) is 19.2. The van der Waals surface area contributed by atoms with Gasteiger partial charge in [0.05, 0.1) is 18.0 Å². The largest absolute Gasteiger partial charge is 0.365 e. The number of rotatable bonds is 6. The molecule has 8 heteroatoms. The number of halogens is 1. The molecule has 0 aliphatic heterocycles. The van der Waals surface area contributed by atoms with Crippen LogP contribution in [-0.2, 0) is 5.54 Å². The molecule has 1 aromatic carbocycles. The lowest BCUT2D eigenvalue weighted by atomic mass is 9.79. The highest BCUT2D eigenvalue weighted by Crippen LogP contribution is 2.41. The summed E-state index contributed by atoms with van der Waals surface area (Å²) in [5.41, 5.74) is 5.95. The monoisotopic (exact) mass is 387 g/mol. The van der Waals surface area contributed by atoms with Crippen molar-refractivity contribution in [3.8, 4) is 6.07 Å². The minimum atomic E-state index is -0.601. The molecule has 0 radical (unpaired) electrons. The molecular weight excluding hydrogens is 365 g/mol. The molecule has 0 saturated heterocycles. The normalized spacial score (nSPS) is 22.2. The lowest BCUT2D eigenvalue weighted by molar-refractivity contribution is 0.100. The van der Waals surface area contributed by atoms with Crippen LogP contribution in [0.2, 0.25) is 0 Å². The highest BCUT2D eigenvalue weighted by atomic mass is 32.2. The second-order valence-electron chi connectivity index (χ2n) is 6.83. The summed E-state index contributed by atoms with van der Waals surface area (Å²) in [6.45, 7) is 0. The Labute approximate surface area is 161 Å². The smallest absolute Gasteiger partial charge is 0.254 e. The van der Waals surface area contributed by atoms with E-state index in [0.717, 1.165) is 25.7 Å². The van der Waals surface area contributed by atoms with Crippen molar-refractivity contribution in [3.05, 3.63) is 41.8 Å². The zero-order valence-corrected chi connectivity index (χ0v) is 15.9. The van der Waals surface area contributed by atoms with Gasteiger partial charge in [-0.3, -0.25) is 9.48 Å². The van der Waals surface area contributed by atoms with E-state index in [1.165, 1.54) is 12.1 Å². The van der Waals surface area contributed by atoms with E-state index in [9.17, 15) is 14.4 Å². The van der Waals surface area contributed by atoms with E-state index in [0.29, 0.717) is 23.2 Å². The maximum absolute atomic E-state index is 13.1. The molecule has 1 aromatic heterocycles. The van der Waals surface area contributed by atoms with Crippen LogP contribution in [0.25, 0.3) is 0 Å². The van der Waals surface area contributed by atoms with Crippen molar-refractivity contribution < 1.29 is 9.18 Å². The fourth-order valence-corrected chi connectivity index (χ4v) is 4.26. The van der Waals surface area contributed by atoms with Gasteiger partial charge < -0.3 is 11.1 Å². The molecule has 1 fully saturated rings. The van der Waals surface area contributed by atoms with Gasteiger partial charge in [-0.1, -0.05) is 0 Å². The minimum absolute atomic E-state index is 0.253. The van der Waals surface area contributed by atoms with Crippen molar-refractivity contribution >= 4 is 29.2 Å². The maximum atomic E-state index is 13.1. The molecule has 0 atom stereocenters. The highest BCUT2D eigenvalue weighted by molar-refractivity contribution is 7.99. The van der Waals surface area contributed by atoms with Gasteiger partial charge in [0.25, 0.3) is 5.91 Å². The second kappa shape index (κ2) is 8.01. The third-order valence-electron chi connectivity index (χ3n) is 5.18. The summed E-state index contributed by atoms with van der Waals surface area (Å²) in [5.74, 6) is -0.631. The summed E-state index contributed by atoms with van der Waals surface area (Å²) in [5, 5.41) is 17.6. The van der Waals surface area contributed by atoms with Gasteiger partial charge >= 0.3 is 0 Å². The number of nitrogens with one attached hydrogen (secondary N) is 1. The highest BCUT2D eigenvalue weighted by Gasteiger charge is 2.38. The summed E-state index contributed by atoms with van der Waals surface area (Å²) < 4.78 is 14.9. The first-order valence-corrected chi connectivity index (χ1v) is 10.1. The SMILES string of the molecule is CSC1CCC(CC#N)(n2cc(C(N)=O)c(Nc3ccc(F)cc3)n2)CC1. The molecule has 27 heavy (non-hydrogen) atoms. The van der Waals surface area contributed by atoms with Gasteiger partial charge in [0.2, 0.25) is 0 Å². The first-order valence-electron chi connectivity index (χ1n) is 8.80. The van der Waals surface area contributed by atoms with Crippen LogP contribution in [0.1, 0.15) is 42.5 Å². The minimum Gasteiger partial charge on any atom is -0.365 e. The Kier molecular flexibility index (Phi) is 5.71. The van der Waals surface area contributed by atoms with Gasteiger partial charge in [0, 0.05) is 17.1 Å². The average Bonchev–Trinajstić information content (AvgIpc) is 3.09. The number of carbonyl (C=O) groups excluding carboxylic acids is 1. The molecular formula is C19H22FN5OS. The van der Waals surface area contributed by atoms with Crippen LogP contribution < -0.4 is 11.1 Å². The lowest BCUT2D eigenvalue weighted by Gasteiger charge is -2.38. The number of amides is 1. The maximum Gasteiger partial charge on any atom is 0.254 e. The Morgan fingerprint density at radius 2 is 2.11 bits per heavy atom. The molecule has 0 spiro atoms. The third kappa shape index (κ3) is 4.08. The van der Waals surface area contributed by atoms with Gasteiger partial charge in [0.15, 0.2) is 5.82 Å². The van der Waals surface area contributed by atoms with Gasteiger partial charge in [-0.05, 0) is 56.2 Å². The molecule has 3 rings (SSSR count). The van der Waals surface area contributed by atoms with Crippen LogP contribution in [0.3, 0.4) is 0 Å². The third-order valence-corrected chi connectivity index (χ3v) is 6.32. The molecule has 2 aromatic rings. The fraction of sp³-hybridized carbons (Fsp3) is 0.421. The Morgan fingerprint density at radius 1 is 1.44 bits per heavy atom. The van der Waals surface area contributed by atoms with Crippen molar-refractivity contribution in [2.75, 3.05) is 11.6 Å². The van der Waals surface area contributed by atoms with Gasteiger partial charge in [-0.15, -0.1) is 0 Å². The molecule has 6 nitrogen and oxygen atoms in total. The van der Waals surface area contributed by atoms with Crippen LogP contribution in [-0.4, -0.2) is 27.2 Å². The van der Waals surface area contributed by atoms with Crippen molar-refractivity contribution in [1.29, 1.82) is 5.26 Å². The van der Waals surface area contributed by atoms with E-state index in [2.05, 4.69) is 22.7 Å². The summed E-state index contributed by atoms with van der Waals surface area (Å²) in [4.78, 5) is 11.9. The van der Waals surface area contributed by atoms with E-state index >= 15 is 0 Å². The van der Waals surface area contributed by atoms with Crippen LogP contribution in [0.15, 0.2) is 30.5 Å². The predicted molar refractivity (Wildman–Crippen MR) is 104 cm³/mol. The van der Waals surface area contributed by atoms with E-state index in [1.807, 2.05) is 11.8 Å². The van der Waals surface area contributed by atoms with Crippen LogP contribution in [0.5, 0.6) is 0 Å². The number of benzene rings is 1. The van der Waals surface area contributed by atoms with Crippen molar-refractivity contribution in [2.24, 2.45) is 5.73 Å². The fourth-order valence-electron chi connectivity index (χ4n) is 3.56. The summed E-state index contributed by atoms with van der Waals surface area (Å²) in [7, 11) is 0. The van der Waals surface area contributed by atoms with E-state index in [1.54, 1.807) is 23.0 Å². The van der Waals surface area contributed by atoms with Crippen molar-refractivity contribution in [1.82, 2.24) is 9.78 Å². The molecule has 0 unspecified atom stereocenters. The van der Waals surface area contributed by atoms with Crippen LogP contribution in [0.4, 0.5) is 15.9 Å². The van der Waals surface area contributed by atoms with Crippen LogP contribution >= 0.6 is 11.8 Å². The second-order valence-corrected chi connectivity index (χ2v) is 7.96. The molecule has 3 N–H and O–H groups in total.